The van der Waals surface area contributed by atoms with Gasteiger partial charge in [0.2, 0.25) is 0 Å². The summed E-state index contributed by atoms with van der Waals surface area (Å²) in [4.78, 5) is 1.49. The Morgan fingerprint density at radius 2 is 2.23 bits per heavy atom. The molecular weight excluding hydrogens is 178 g/mol. The van der Waals surface area contributed by atoms with Gasteiger partial charge in [-0.05, 0) is 42.7 Å². The molecule has 0 aliphatic heterocycles. The molecule has 0 aliphatic rings. The third kappa shape index (κ3) is 3.49. The topological polar surface area (TPSA) is 26.0 Å². The van der Waals surface area contributed by atoms with Crippen molar-refractivity contribution in [1.82, 2.24) is 0 Å². The monoisotopic (exact) mass is 197 g/mol. The average Bonchev–Trinajstić information content (AvgIpc) is 2.57. The van der Waals surface area contributed by atoms with Crippen LogP contribution in [0.4, 0.5) is 0 Å². The quantitative estimate of drug-likeness (QED) is 0.771. The zero-order chi connectivity index (χ0) is 9.68. The van der Waals surface area contributed by atoms with E-state index in [1.165, 1.54) is 17.7 Å². The summed E-state index contributed by atoms with van der Waals surface area (Å²) in [6, 6.07) is 4.32. The van der Waals surface area contributed by atoms with Crippen molar-refractivity contribution in [2.45, 2.75) is 26.7 Å². The molecule has 0 saturated heterocycles. The minimum atomic E-state index is 0.682. The Labute approximate surface area is 85.0 Å². The van der Waals surface area contributed by atoms with E-state index in [9.17, 15) is 0 Å². The van der Waals surface area contributed by atoms with Crippen molar-refractivity contribution in [3.8, 4) is 0 Å². The number of hydrogen-bond acceptors (Lipinski definition) is 2. The van der Waals surface area contributed by atoms with Crippen LogP contribution in [0.25, 0.3) is 0 Å². The highest BCUT2D eigenvalue weighted by Gasteiger charge is 2.11. The first-order chi connectivity index (χ1) is 6.24. The van der Waals surface area contributed by atoms with Crippen LogP contribution < -0.4 is 5.73 Å². The molecule has 2 heteroatoms. The smallest absolute Gasteiger partial charge is 0.00453 e. The lowest BCUT2D eigenvalue weighted by Gasteiger charge is -2.17. The van der Waals surface area contributed by atoms with Crippen LogP contribution in [0.5, 0.6) is 0 Å². The number of hydrogen-bond donors (Lipinski definition) is 1. The first-order valence-corrected chi connectivity index (χ1v) is 5.84. The van der Waals surface area contributed by atoms with Gasteiger partial charge in [0.15, 0.2) is 0 Å². The van der Waals surface area contributed by atoms with E-state index in [1.54, 1.807) is 0 Å². The van der Waals surface area contributed by atoms with Crippen LogP contribution in [0, 0.1) is 11.8 Å². The zero-order valence-corrected chi connectivity index (χ0v) is 9.31. The van der Waals surface area contributed by atoms with Gasteiger partial charge in [-0.25, -0.2) is 0 Å². The molecule has 74 valence electrons. The average molecular weight is 197 g/mol. The molecule has 0 amide bonds. The van der Waals surface area contributed by atoms with Gasteiger partial charge in [-0.3, -0.25) is 0 Å². The lowest BCUT2D eigenvalue weighted by molar-refractivity contribution is 0.370. The van der Waals surface area contributed by atoms with Gasteiger partial charge in [-0.1, -0.05) is 19.9 Å². The SMILES string of the molecule is CC(C)C(CN)CCc1cccs1. The van der Waals surface area contributed by atoms with Crippen molar-refractivity contribution in [1.29, 1.82) is 0 Å². The van der Waals surface area contributed by atoms with E-state index in [0.717, 1.165) is 6.54 Å². The molecule has 1 unspecified atom stereocenters. The summed E-state index contributed by atoms with van der Waals surface area (Å²) >= 11 is 1.85. The minimum absolute atomic E-state index is 0.682. The molecule has 0 aliphatic carbocycles. The van der Waals surface area contributed by atoms with Crippen molar-refractivity contribution < 1.29 is 0 Å². The lowest BCUT2D eigenvalue weighted by Crippen LogP contribution is -2.20. The Balaban J connectivity index is 2.32. The van der Waals surface area contributed by atoms with Crippen molar-refractivity contribution >= 4 is 11.3 Å². The van der Waals surface area contributed by atoms with Gasteiger partial charge < -0.3 is 5.73 Å². The van der Waals surface area contributed by atoms with Gasteiger partial charge in [-0.15, -0.1) is 11.3 Å². The third-order valence-corrected chi connectivity index (χ3v) is 3.52. The van der Waals surface area contributed by atoms with Crippen molar-refractivity contribution in [3.63, 3.8) is 0 Å². The first kappa shape index (κ1) is 10.7. The Kier molecular flexibility index (Phi) is 4.46. The maximum Gasteiger partial charge on any atom is 0.00453 e. The molecule has 13 heavy (non-hydrogen) atoms. The fourth-order valence-electron chi connectivity index (χ4n) is 1.51. The zero-order valence-electron chi connectivity index (χ0n) is 8.49. The number of rotatable bonds is 5. The summed E-state index contributed by atoms with van der Waals surface area (Å²) in [7, 11) is 0. The molecule has 0 spiro atoms. The summed E-state index contributed by atoms with van der Waals surface area (Å²) < 4.78 is 0. The van der Waals surface area contributed by atoms with Crippen molar-refractivity contribution in [2.75, 3.05) is 6.54 Å². The van der Waals surface area contributed by atoms with Gasteiger partial charge in [0.05, 0.1) is 0 Å². The largest absolute Gasteiger partial charge is 0.330 e. The van der Waals surface area contributed by atoms with E-state index in [2.05, 4.69) is 31.4 Å². The molecule has 1 aromatic heterocycles. The molecule has 0 fully saturated rings. The predicted octanol–water partition coefficient (Wildman–Crippen LogP) is 2.91. The molecule has 2 N–H and O–H groups in total. The summed E-state index contributed by atoms with van der Waals surface area (Å²) in [6.45, 7) is 5.33. The van der Waals surface area contributed by atoms with E-state index in [0.29, 0.717) is 11.8 Å². The fraction of sp³-hybridized carbons (Fsp3) is 0.636. The van der Waals surface area contributed by atoms with Crippen LogP contribution >= 0.6 is 11.3 Å². The van der Waals surface area contributed by atoms with Gasteiger partial charge in [-0.2, -0.15) is 0 Å². The van der Waals surface area contributed by atoms with Crippen LogP contribution in [-0.4, -0.2) is 6.54 Å². The Hall–Kier alpha value is -0.340. The van der Waals surface area contributed by atoms with Crippen LogP contribution in [0.3, 0.4) is 0 Å². The van der Waals surface area contributed by atoms with E-state index >= 15 is 0 Å². The Morgan fingerprint density at radius 3 is 2.69 bits per heavy atom. The molecule has 0 saturated carbocycles. The first-order valence-electron chi connectivity index (χ1n) is 4.96. The van der Waals surface area contributed by atoms with E-state index in [1.807, 2.05) is 11.3 Å². The second kappa shape index (κ2) is 5.40. The summed E-state index contributed by atoms with van der Waals surface area (Å²) in [5.74, 6) is 1.40. The van der Waals surface area contributed by atoms with Gasteiger partial charge in [0.1, 0.15) is 0 Å². The van der Waals surface area contributed by atoms with Crippen LogP contribution in [0.2, 0.25) is 0 Å². The molecule has 1 nitrogen and oxygen atoms in total. The lowest BCUT2D eigenvalue weighted by atomic mass is 9.91. The fourth-order valence-corrected chi connectivity index (χ4v) is 2.23. The molecule has 0 aromatic carbocycles. The number of aryl methyl sites for hydroxylation is 1. The predicted molar refractivity (Wildman–Crippen MR) is 60.0 cm³/mol. The molecule has 1 aromatic rings. The molecule has 0 radical (unpaired) electrons. The molecular formula is C11H19NS. The van der Waals surface area contributed by atoms with Gasteiger partial charge in [0, 0.05) is 4.88 Å². The third-order valence-electron chi connectivity index (χ3n) is 2.59. The second-order valence-electron chi connectivity index (χ2n) is 3.86. The van der Waals surface area contributed by atoms with Crippen molar-refractivity contribution in [3.05, 3.63) is 22.4 Å². The highest BCUT2D eigenvalue weighted by molar-refractivity contribution is 7.09. The van der Waals surface area contributed by atoms with Gasteiger partial charge >= 0.3 is 0 Å². The highest BCUT2D eigenvalue weighted by Crippen LogP contribution is 2.19. The maximum absolute atomic E-state index is 5.72. The highest BCUT2D eigenvalue weighted by atomic mass is 32.1. The van der Waals surface area contributed by atoms with Crippen LogP contribution in [-0.2, 0) is 6.42 Å². The summed E-state index contributed by atoms with van der Waals surface area (Å²) in [5, 5.41) is 2.14. The standard InChI is InChI=1S/C11H19NS/c1-9(2)10(8-12)5-6-11-4-3-7-13-11/h3-4,7,9-10H,5-6,8,12H2,1-2H3. The van der Waals surface area contributed by atoms with E-state index in [4.69, 9.17) is 5.73 Å². The summed E-state index contributed by atoms with van der Waals surface area (Å²) in [6.07, 6.45) is 2.42. The van der Waals surface area contributed by atoms with Crippen LogP contribution in [0.15, 0.2) is 17.5 Å². The molecule has 1 rings (SSSR count). The van der Waals surface area contributed by atoms with Gasteiger partial charge in [0.25, 0.3) is 0 Å². The molecule has 1 heterocycles. The Morgan fingerprint density at radius 1 is 1.46 bits per heavy atom. The van der Waals surface area contributed by atoms with Crippen LogP contribution in [0.1, 0.15) is 25.1 Å². The summed E-state index contributed by atoms with van der Waals surface area (Å²) in [5.41, 5.74) is 5.72. The second-order valence-corrected chi connectivity index (χ2v) is 4.89. The van der Waals surface area contributed by atoms with E-state index in [-0.39, 0.29) is 0 Å². The minimum Gasteiger partial charge on any atom is -0.330 e. The van der Waals surface area contributed by atoms with Crippen molar-refractivity contribution in [2.24, 2.45) is 17.6 Å². The molecule has 1 atom stereocenters. The molecule has 0 bridgehead atoms. The van der Waals surface area contributed by atoms with E-state index < -0.39 is 0 Å². The number of nitrogens with two attached hydrogens (primary N) is 1. The maximum atomic E-state index is 5.72. The normalized spacial score (nSPS) is 13.5. The number of thiophene rings is 1. The Bertz CT molecular complexity index is 216.